The number of hydrogen-bond donors (Lipinski definition) is 7. The number of aliphatic hydroxyl groups is 3. The molecule has 12 nitrogen and oxygen atoms in total. The third-order valence-corrected chi connectivity index (χ3v) is 3.32. The fourth-order valence-corrected chi connectivity index (χ4v) is 2.17. The molecule has 1 fully saturated rings. The molecular weight excluding hydrogens is 326 g/mol. The van der Waals surface area contributed by atoms with E-state index in [9.17, 15) is 24.4 Å². The third kappa shape index (κ3) is 5.11. The lowest BCUT2D eigenvalue weighted by molar-refractivity contribution is -0.245. The van der Waals surface area contributed by atoms with Crippen molar-refractivity contribution in [1.29, 1.82) is 0 Å². The van der Waals surface area contributed by atoms with Crippen molar-refractivity contribution < 1.29 is 57.8 Å². The summed E-state index contributed by atoms with van der Waals surface area (Å²) in [6, 6.07) is 0. The summed E-state index contributed by atoms with van der Waals surface area (Å²) in [6.07, 6.45) is -5.38. The molecule has 0 aromatic heterocycles. The van der Waals surface area contributed by atoms with Crippen molar-refractivity contribution in [1.82, 2.24) is 0 Å². The van der Waals surface area contributed by atoms with Gasteiger partial charge in [0.25, 0.3) is 0 Å². The van der Waals surface area contributed by atoms with Gasteiger partial charge in [-0.2, -0.15) is 0 Å². The Hall–Kier alpha value is 0.0600. The van der Waals surface area contributed by atoms with Crippen molar-refractivity contribution in [3.63, 3.8) is 0 Å². The first-order valence-electron chi connectivity index (χ1n) is 5.00. The number of phosphoric acid groups is 2. The zero-order valence-electron chi connectivity index (χ0n) is 9.71. The quantitative estimate of drug-likeness (QED) is 0.242. The molecule has 120 valence electrons. The van der Waals surface area contributed by atoms with Gasteiger partial charge in [-0.1, -0.05) is 0 Å². The van der Waals surface area contributed by atoms with E-state index in [1.807, 2.05) is 0 Å². The molecule has 14 heteroatoms. The van der Waals surface area contributed by atoms with Crippen LogP contribution in [-0.4, -0.2) is 72.2 Å². The van der Waals surface area contributed by atoms with Gasteiger partial charge >= 0.3 is 15.6 Å². The lowest BCUT2D eigenvalue weighted by atomic mass is 10.1. The van der Waals surface area contributed by atoms with Crippen LogP contribution in [0, 0.1) is 0 Å². The van der Waals surface area contributed by atoms with Crippen LogP contribution in [-0.2, 0) is 22.9 Å². The molecular formula is C6H14O12P2. The first-order valence-corrected chi connectivity index (χ1v) is 8.07. The molecule has 1 saturated heterocycles. The summed E-state index contributed by atoms with van der Waals surface area (Å²) in [5.41, 5.74) is 0. The summed E-state index contributed by atoms with van der Waals surface area (Å²) >= 11 is 0. The fourth-order valence-electron chi connectivity index (χ4n) is 1.47. The Morgan fingerprint density at radius 3 is 2.00 bits per heavy atom. The van der Waals surface area contributed by atoms with E-state index in [1.54, 1.807) is 0 Å². The van der Waals surface area contributed by atoms with Gasteiger partial charge < -0.3 is 39.6 Å². The molecule has 1 rings (SSSR count). The van der Waals surface area contributed by atoms with Crippen molar-refractivity contribution in [2.75, 3.05) is 13.2 Å². The van der Waals surface area contributed by atoms with Gasteiger partial charge in [-0.15, -0.1) is 0 Å². The van der Waals surface area contributed by atoms with Gasteiger partial charge in [-0.05, 0) is 0 Å². The molecule has 0 aromatic rings. The molecule has 0 saturated carbocycles. The number of hydrogen-bond acceptors (Lipinski definition) is 8. The van der Waals surface area contributed by atoms with Gasteiger partial charge in [0.15, 0.2) is 0 Å². The van der Waals surface area contributed by atoms with Crippen LogP contribution in [0.2, 0.25) is 0 Å². The van der Waals surface area contributed by atoms with Gasteiger partial charge in [-0.3, -0.25) is 9.05 Å². The maximum Gasteiger partial charge on any atom is 0.469 e. The van der Waals surface area contributed by atoms with Gasteiger partial charge in [0.05, 0.1) is 6.61 Å². The van der Waals surface area contributed by atoms with Crippen molar-refractivity contribution in [2.45, 2.75) is 24.1 Å². The molecule has 0 bridgehead atoms. The minimum absolute atomic E-state index is 0.874. The average Bonchev–Trinajstić information content (AvgIpc) is 2.48. The third-order valence-electron chi connectivity index (χ3n) is 2.37. The topological polar surface area (TPSA) is 203 Å². The minimum Gasteiger partial charge on any atom is -0.387 e. The fraction of sp³-hybridized carbons (Fsp3) is 1.00. The molecule has 20 heavy (non-hydrogen) atoms. The largest absolute Gasteiger partial charge is 0.469 e. The van der Waals surface area contributed by atoms with E-state index in [2.05, 4.69) is 13.8 Å². The highest BCUT2D eigenvalue weighted by molar-refractivity contribution is 7.46. The molecule has 0 radical (unpaired) electrons. The Kier molecular flexibility index (Phi) is 5.48. The minimum atomic E-state index is -4.96. The molecule has 1 aliphatic rings. The van der Waals surface area contributed by atoms with E-state index in [-0.39, 0.29) is 0 Å². The van der Waals surface area contributed by atoms with Crippen LogP contribution in [0.25, 0.3) is 0 Å². The predicted molar refractivity (Wildman–Crippen MR) is 57.8 cm³/mol. The van der Waals surface area contributed by atoms with Crippen LogP contribution in [0.1, 0.15) is 0 Å². The van der Waals surface area contributed by atoms with Crippen molar-refractivity contribution in [3.8, 4) is 0 Å². The number of phosphoric ester groups is 2. The van der Waals surface area contributed by atoms with Crippen LogP contribution in [0.5, 0.6) is 0 Å². The SMILES string of the molecule is O=P(O)(O)OC[C@H]1OC(O)(COP(=O)(O)O)[C@H](O)C1O. The number of aliphatic hydroxyl groups excluding tert-OH is 2. The summed E-state index contributed by atoms with van der Waals surface area (Å²) in [6.45, 7) is -2.05. The summed E-state index contributed by atoms with van der Waals surface area (Å²) in [5, 5.41) is 28.8. The van der Waals surface area contributed by atoms with Crippen LogP contribution in [0.3, 0.4) is 0 Å². The van der Waals surface area contributed by atoms with Crippen molar-refractivity contribution >= 4 is 15.6 Å². The zero-order chi connectivity index (χ0) is 15.8. The Labute approximate surface area is 112 Å². The van der Waals surface area contributed by atoms with Gasteiger partial charge in [0.2, 0.25) is 5.79 Å². The summed E-state index contributed by atoms with van der Waals surface area (Å²) in [4.78, 5) is 33.9. The highest BCUT2D eigenvalue weighted by Crippen LogP contribution is 2.41. The Morgan fingerprint density at radius 1 is 1.05 bits per heavy atom. The van der Waals surface area contributed by atoms with E-state index >= 15 is 0 Å². The second-order valence-electron chi connectivity index (χ2n) is 3.99. The van der Waals surface area contributed by atoms with E-state index in [4.69, 9.17) is 19.6 Å². The zero-order valence-corrected chi connectivity index (χ0v) is 11.5. The second kappa shape index (κ2) is 6.05. The Balaban J connectivity index is 2.67. The summed E-state index contributed by atoms with van der Waals surface area (Å²) in [7, 11) is -9.82. The lowest BCUT2D eigenvalue weighted by Crippen LogP contribution is -2.46. The second-order valence-corrected chi connectivity index (χ2v) is 6.47. The van der Waals surface area contributed by atoms with E-state index in [0.717, 1.165) is 0 Å². The number of rotatable bonds is 6. The van der Waals surface area contributed by atoms with Gasteiger partial charge in [-0.25, -0.2) is 9.13 Å². The maximum absolute atomic E-state index is 10.5. The average molecular weight is 340 g/mol. The molecule has 0 aliphatic carbocycles. The van der Waals surface area contributed by atoms with E-state index < -0.39 is 53.0 Å². The predicted octanol–water partition coefficient (Wildman–Crippen LogP) is -2.99. The van der Waals surface area contributed by atoms with Crippen molar-refractivity contribution in [2.24, 2.45) is 0 Å². The van der Waals surface area contributed by atoms with Gasteiger partial charge in [0, 0.05) is 0 Å². The van der Waals surface area contributed by atoms with E-state index in [1.165, 1.54) is 0 Å². The first kappa shape index (κ1) is 18.1. The van der Waals surface area contributed by atoms with Gasteiger partial charge in [0.1, 0.15) is 24.9 Å². The van der Waals surface area contributed by atoms with Crippen molar-refractivity contribution in [3.05, 3.63) is 0 Å². The molecule has 1 aliphatic heterocycles. The molecule has 0 amide bonds. The smallest absolute Gasteiger partial charge is 0.387 e. The molecule has 4 atom stereocenters. The highest BCUT2D eigenvalue weighted by atomic mass is 31.2. The van der Waals surface area contributed by atoms with E-state index in [0.29, 0.717) is 0 Å². The molecule has 0 spiro atoms. The summed E-state index contributed by atoms with van der Waals surface area (Å²) in [5.74, 6) is -2.66. The molecule has 1 heterocycles. The first-order chi connectivity index (χ1) is 8.84. The van der Waals surface area contributed by atoms with Crippen LogP contribution in [0.4, 0.5) is 0 Å². The number of ether oxygens (including phenoxy) is 1. The maximum atomic E-state index is 10.5. The monoisotopic (exact) mass is 340 g/mol. The molecule has 2 unspecified atom stereocenters. The van der Waals surface area contributed by atoms with Crippen LogP contribution in [0.15, 0.2) is 0 Å². The molecule has 0 aromatic carbocycles. The Morgan fingerprint density at radius 2 is 1.55 bits per heavy atom. The summed E-state index contributed by atoms with van der Waals surface area (Å²) < 4.78 is 33.6. The normalized spacial score (nSPS) is 35.5. The highest BCUT2D eigenvalue weighted by Gasteiger charge is 2.54. The standard InChI is InChI=1S/C6H14O12P2/c7-4-3(1-16-19(10,11)12)18-6(9,5(4)8)2-17-20(13,14)15/h3-5,7-9H,1-2H2,(H2,10,11,12)(H2,13,14,15)/t3-,4?,5-,6?/m1/s1. The van der Waals surface area contributed by atoms with Crippen LogP contribution < -0.4 is 0 Å². The van der Waals surface area contributed by atoms with Crippen LogP contribution >= 0.6 is 15.6 Å². The Bertz CT molecular complexity index is 428. The lowest BCUT2D eigenvalue weighted by Gasteiger charge is -2.25. The molecule has 7 N–H and O–H groups in total.